The van der Waals surface area contributed by atoms with Crippen LogP contribution in [0.15, 0.2) is 77.8 Å². The fourth-order valence-corrected chi connectivity index (χ4v) is 7.24. The van der Waals surface area contributed by atoms with Crippen molar-refractivity contribution in [1.82, 2.24) is 4.98 Å². The third-order valence-electron chi connectivity index (χ3n) is 6.62. The Bertz CT molecular complexity index is 1840. The summed E-state index contributed by atoms with van der Waals surface area (Å²) in [7, 11) is -4.25. The van der Waals surface area contributed by atoms with Crippen molar-refractivity contribution in [2.75, 3.05) is 4.31 Å². The monoisotopic (exact) mass is 572 g/mol. The molecular weight excluding hydrogens is 553 g/mol. The van der Waals surface area contributed by atoms with Crippen molar-refractivity contribution in [3.05, 3.63) is 101 Å². The van der Waals surface area contributed by atoms with Gasteiger partial charge in [0.15, 0.2) is 0 Å². The number of carbonyl (C=O) groups excluding carboxylic acids is 1. The average Bonchev–Trinajstić information content (AvgIpc) is 3.65. The molecule has 1 aliphatic carbocycles. The molecule has 2 heterocycles. The van der Waals surface area contributed by atoms with Crippen LogP contribution in [-0.4, -0.2) is 19.4 Å². The van der Waals surface area contributed by atoms with E-state index >= 15 is 0 Å². The van der Waals surface area contributed by atoms with Crippen LogP contribution in [0.2, 0.25) is 0 Å². The summed E-state index contributed by atoms with van der Waals surface area (Å²) in [4.78, 5) is 16.2. The molecule has 0 atom stereocenters. The molecule has 0 N–H and O–H groups in total. The van der Waals surface area contributed by atoms with Crippen molar-refractivity contribution < 1.29 is 56.7 Å². The van der Waals surface area contributed by atoms with E-state index in [9.17, 15) is 27.1 Å². The third-order valence-corrected chi connectivity index (χ3v) is 9.44. The molecule has 1 fully saturated rings. The number of aromatic nitrogens is 1. The van der Waals surface area contributed by atoms with Crippen molar-refractivity contribution in [2.24, 2.45) is 0 Å². The maximum absolute atomic E-state index is 14.4. The number of hydrogen-bond acceptors (Lipinski definition) is 6. The molecule has 6 nitrogen and oxygen atoms in total. The molecule has 0 unspecified atom stereocenters. The number of carbonyl (C=O) groups is 1. The minimum atomic E-state index is -4.25. The summed E-state index contributed by atoms with van der Waals surface area (Å²) in [5.41, 5.74) is 0.663. The van der Waals surface area contributed by atoms with Gasteiger partial charge >= 0.3 is 29.6 Å². The molecule has 0 aliphatic heterocycles. The standard InChI is InChI=1S/C28H20F2N2O4S2.Na/c29-19-11-24(30)23-13-20(37-25(23)12-19)15-32(38(35,36)21-9-7-17(8-10-21)28(33)34)27-26(16-5-6-16)22-4-2-1-3-18(22)14-31-27;/h1-4,7-14,16H,5-6,15H2,(H,33,34);/q;+1/p-1. The van der Waals surface area contributed by atoms with E-state index in [1.165, 1.54) is 40.7 Å². The Morgan fingerprint density at radius 2 is 1.74 bits per heavy atom. The number of nitrogens with zero attached hydrogens (tertiary/aromatic N) is 2. The molecule has 1 aliphatic rings. The number of fused-ring (bicyclic) bond motifs is 2. The van der Waals surface area contributed by atoms with Gasteiger partial charge in [-0.2, -0.15) is 0 Å². The van der Waals surface area contributed by atoms with E-state index in [1.54, 1.807) is 6.20 Å². The molecule has 5 aromatic rings. The Balaban J connectivity index is 0.00000308. The molecule has 39 heavy (non-hydrogen) atoms. The Labute approximate surface area is 249 Å². The molecule has 0 saturated heterocycles. The van der Waals surface area contributed by atoms with Gasteiger partial charge < -0.3 is 9.90 Å². The Morgan fingerprint density at radius 3 is 2.44 bits per heavy atom. The number of anilines is 1. The maximum Gasteiger partial charge on any atom is 1.00 e. The smallest absolute Gasteiger partial charge is 0.545 e. The van der Waals surface area contributed by atoms with Gasteiger partial charge in [-0.25, -0.2) is 26.5 Å². The summed E-state index contributed by atoms with van der Waals surface area (Å²) in [6.45, 7) is -0.171. The van der Waals surface area contributed by atoms with E-state index in [0.29, 0.717) is 9.58 Å². The zero-order valence-electron chi connectivity index (χ0n) is 20.7. The van der Waals surface area contributed by atoms with E-state index in [1.807, 2.05) is 24.3 Å². The molecule has 0 bridgehead atoms. The molecular formula is C28H19F2N2NaO4S2. The first-order valence-electron chi connectivity index (χ1n) is 11.8. The molecule has 3 aromatic carbocycles. The maximum atomic E-state index is 14.4. The molecule has 6 rings (SSSR count). The number of carboxylic acid groups (broad SMARTS) is 1. The first-order valence-corrected chi connectivity index (χ1v) is 14.1. The fraction of sp³-hybridized carbons (Fsp3) is 0.143. The van der Waals surface area contributed by atoms with Crippen molar-refractivity contribution in [1.29, 1.82) is 0 Å². The minimum Gasteiger partial charge on any atom is -0.545 e. The van der Waals surface area contributed by atoms with Gasteiger partial charge in [0.25, 0.3) is 10.0 Å². The molecule has 0 radical (unpaired) electrons. The first-order chi connectivity index (χ1) is 18.2. The van der Waals surface area contributed by atoms with Crippen LogP contribution in [-0.2, 0) is 16.6 Å². The molecule has 0 amide bonds. The Kier molecular flexibility index (Phi) is 7.51. The van der Waals surface area contributed by atoms with Gasteiger partial charge in [0.2, 0.25) is 0 Å². The number of hydrogen-bond donors (Lipinski definition) is 0. The second-order valence-corrected chi connectivity index (χ2v) is 12.2. The summed E-state index contributed by atoms with van der Waals surface area (Å²) in [5.74, 6) is -2.46. The van der Waals surface area contributed by atoms with Crippen LogP contribution in [0.5, 0.6) is 0 Å². The van der Waals surface area contributed by atoms with Gasteiger partial charge in [-0.15, -0.1) is 11.3 Å². The molecule has 2 aromatic heterocycles. The molecule has 0 spiro atoms. The van der Waals surface area contributed by atoms with Crippen LogP contribution in [0, 0.1) is 11.6 Å². The van der Waals surface area contributed by atoms with Crippen molar-refractivity contribution in [2.45, 2.75) is 30.2 Å². The summed E-state index contributed by atoms with van der Waals surface area (Å²) >= 11 is 1.10. The quantitative estimate of drug-likeness (QED) is 0.280. The largest absolute Gasteiger partial charge is 1.00 e. The SMILES string of the molecule is O=C([O-])c1ccc(S(=O)(=O)N(Cc2cc3c(F)cc(F)cc3s2)c2ncc3ccccc3c2C2CC2)cc1.[Na+]. The molecule has 1 saturated carbocycles. The Morgan fingerprint density at radius 1 is 1.03 bits per heavy atom. The molecule has 192 valence electrons. The second kappa shape index (κ2) is 10.6. The van der Waals surface area contributed by atoms with E-state index in [-0.39, 0.29) is 63.7 Å². The number of aromatic carboxylic acids is 1. The van der Waals surface area contributed by atoms with Crippen LogP contribution >= 0.6 is 11.3 Å². The van der Waals surface area contributed by atoms with Crippen LogP contribution in [0.3, 0.4) is 0 Å². The number of carboxylic acids is 1. The minimum absolute atomic E-state index is 0. The third kappa shape index (κ3) is 5.19. The summed E-state index contributed by atoms with van der Waals surface area (Å²) < 4.78 is 58.0. The summed E-state index contributed by atoms with van der Waals surface area (Å²) in [5, 5.41) is 13.2. The fourth-order valence-electron chi connectivity index (χ4n) is 4.65. The van der Waals surface area contributed by atoms with Crippen LogP contribution < -0.4 is 39.0 Å². The first kappa shape index (κ1) is 27.7. The topological polar surface area (TPSA) is 90.4 Å². The number of thiophene rings is 1. The van der Waals surface area contributed by atoms with E-state index < -0.39 is 27.6 Å². The van der Waals surface area contributed by atoms with Gasteiger partial charge in [0.1, 0.15) is 17.5 Å². The predicted molar refractivity (Wildman–Crippen MR) is 140 cm³/mol. The van der Waals surface area contributed by atoms with E-state index in [2.05, 4.69) is 4.98 Å². The number of pyridine rings is 1. The van der Waals surface area contributed by atoms with Gasteiger partial charge in [-0.3, -0.25) is 0 Å². The summed E-state index contributed by atoms with van der Waals surface area (Å²) in [6.07, 6.45) is 3.41. The van der Waals surface area contributed by atoms with Crippen LogP contribution in [0.25, 0.3) is 20.9 Å². The van der Waals surface area contributed by atoms with E-state index in [4.69, 9.17) is 0 Å². The van der Waals surface area contributed by atoms with Gasteiger partial charge in [0, 0.05) is 38.2 Å². The second-order valence-electron chi connectivity index (χ2n) is 9.19. The number of sulfonamides is 1. The number of halogens is 2. The van der Waals surface area contributed by atoms with Crippen LogP contribution in [0.1, 0.15) is 39.6 Å². The van der Waals surface area contributed by atoms with Crippen molar-refractivity contribution in [3.8, 4) is 0 Å². The zero-order valence-corrected chi connectivity index (χ0v) is 24.4. The van der Waals surface area contributed by atoms with Gasteiger partial charge in [-0.05, 0) is 54.0 Å². The van der Waals surface area contributed by atoms with Crippen molar-refractivity contribution in [3.63, 3.8) is 0 Å². The molecule has 11 heteroatoms. The summed E-state index contributed by atoms with van der Waals surface area (Å²) in [6, 6.07) is 15.9. The zero-order chi connectivity index (χ0) is 26.6. The Hall–Kier alpha value is -2.89. The van der Waals surface area contributed by atoms with E-state index in [0.717, 1.165) is 46.6 Å². The number of benzene rings is 3. The van der Waals surface area contributed by atoms with Crippen molar-refractivity contribution >= 4 is 54.0 Å². The predicted octanol–water partition coefficient (Wildman–Crippen LogP) is 2.37. The average molecular weight is 573 g/mol. The van der Waals surface area contributed by atoms with Crippen LogP contribution in [0.4, 0.5) is 14.6 Å². The number of rotatable bonds is 7. The normalized spacial score (nSPS) is 13.4. The van der Waals surface area contributed by atoms with Gasteiger partial charge in [-0.1, -0.05) is 36.4 Å². The van der Waals surface area contributed by atoms with Gasteiger partial charge in [0.05, 0.1) is 17.4 Å².